The van der Waals surface area contributed by atoms with Gasteiger partial charge in [-0.15, -0.1) is 0 Å². The maximum absolute atomic E-state index is 12.5. The number of aromatic amines is 2. The van der Waals surface area contributed by atoms with Crippen molar-refractivity contribution < 1.29 is 0 Å². The van der Waals surface area contributed by atoms with E-state index in [9.17, 15) is 4.79 Å². The minimum absolute atomic E-state index is 0.225. The Balaban J connectivity index is 1.77. The summed E-state index contributed by atoms with van der Waals surface area (Å²) in [5.41, 5.74) is 4.55. The third-order valence-electron chi connectivity index (χ3n) is 4.54. The number of fused-ring (bicyclic) bond motifs is 1. The molecule has 3 heterocycles. The molecular formula is C20H19N7O. The number of pyridine rings is 1. The number of unbranched alkanes of at least 4 members (excludes halogenated alkanes) is 1. The van der Waals surface area contributed by atoms with E-state index >= 15 is 0 Å². The summed E-state index contributed by atoms with van der Waals surface area (Å²) in [4.78, 5) is 27.3. The molecule has 28 heavy (non-hydrogen) atoms. The summed E-state index contributed by atoms with van der Waals surface area (Å²) in [6.07, 6.45) is 8.12. The zero-order valence-electron chi connectivity index (χ0n) is 15.4. The van der Waals surface area contributed by atoms with Crippen LogP contribution in [0, 0.1) is 18.3 Å². The van der Waals surface area contributed by atoms with Gasteiger partial charge < -0.3 is 19.9 Å². The quantitative estimate of drug-likeness (QED) is 0.449. The summed E-state index contributed by atoms with van der Waals surface area (Å²) < 4.78 is 1.92. The highest BCUT2D eigenvalue weighted by Crippen LogP contribution is 2.27. The van der Waals surface area contributed by atoms with Gasteiger partial charge in [0.05, 0.1) is 29.1 Å². The number of anilines is 1. The van der Waals surface area contributed by atoms with Crippen LogP contribution in [0.5, 0.6) is 0 Å². The van der Waals surface area contributed by atoms with E-state index < -0.39 is 0 Å². The molecule has 1 aromatic carbocycles. The Hall–Kier alpha value is -3.86. The lowest BCUT2D eigenvalue weighted by molar-refractivity contribution is 0.897. The van der Waals surface area contributed by atoms with Crippen molar-refractivity contribution in [3.63, 3.8) is 0 Å². The lowest BCUT2D eigenvalue weighted by Crippen LogP contribution is -2.13. The first-order valence-corrected chi connectivity index (χ1v) is 8.99. The molecule has 0 aliphatic rings. The molecule has 0 aliphatic carbocycles. The fraction of sp³-hybridized carbons (Fsp3) is 0.200. The third kappa shape index (κ3) is 3.25. The predicted molar refractivity (Wildman–Crippen MR) is 107 cm³/mol. The van der Waals surface area contributed by atoms with Crippen LogP contribution in [0.1, 0.15) is 18.4 Å². The molecule has 0 aliphatic heterocycles. The SMILES string of the molecule is Cc1cc(-n2ccnc2)cc2[nH]c(-c3c(NCCCC#N)cc[nH]c3=O)nc12. The zero-order chi connectivity index (χ0) is 19.5. The second kappa shape index (κ2) is 7.40. The van der Waals surface area contributed by atoms with Gasteiger partial charge in [0.15, 0.2) is 0 Å². The number of hydrogen-bond acceptors (Lipinski definition) is 5. The molecule has 0 saturated heterocycles. The first-order chi connectivity index (χ1) is 13.7. The number of benzene rings is 1. The topological polar surface area (TPSA) is 115 Å². The molecule has 0 spiro atoms. The predicted octanol–water partition coefficient (Wildman–Crippen LogP) is 3.13. The largest absolute Gasteiger partial charge is 0.384 e. The van der Waals surface area contributed by atoms with E-state index in [1.165, 1.54) is 0 Å². The number of nitrogens with zero attached hydrogens (tertiary/aromatic N) is 4. The summed E-state index contributed by atoms with van der Waals surface area (Å²) in [5.74, 6) is 0.505. The molecule has 3 N–H and O–H groups in total. The van der Waals surface area contributed by atoms with Crippen LogP contribution in [0.3, 0.4) is 0 Å². The summed E-state index contributed by atoms with van der Waals surface area (Å²) in [5, 5.41) is 11.9. The molecule has 0 amide bonds. The Kier molecular flexibility index (Phi) is 4.64. The molecule has 0 radical (unpaired) electrons. The van der Waals surface area contributed by atoms with Gasteiger partial charge in [-0.05, 0) is 37.1 Å². The van der Waals surface area contributed by atoms with E-state index in [2.05, 4.69) is 31.3 Å². The standard InChI is InChI=1S/C20H19N7O/c1-13-10-14(27-9-8-22-12-27)11-16-18(13)26-19(25-16)17-15(4-7-24-20(17)28)23-6-3-2-5-21/h4,7-12H,2-3,6H2,1H3,(H,25,26)(H2,23,24,28). The average molecular weight is 373 g/mol. The molecular weight excluding hydrogens is 354 g/mol. The van der Waals surface area contributed by atoms with Gasteiger partial charge in [0.25, 0.3) is 5.56 Å². The van der Waals surface area contributed by atoms with Gasteiger partial charge in [-0.25, -0.2) is 9.97 Å². The number of hydrogen-bond donors (Lipinski definition) is 3. The van der Waals surface area contributed by atoms with Gasteiger partial charge in [-0.3, -0.25) is 4.79 Å². The smallest absolute Gasteiger partial charge is 0.261 e. The monoisotopic (exact) mass is 373 g/mol. The van der Waals surface area contributed by atoms with Crippen LogP contribution in [0.4, 0.5) is 5.69 Å². The number of H-pyrrole nitrogens is 2. The summed E-state index contributed by atoms with van der Waals surface area (Å²) in [6, 6.07) is 7.94. The minimum atomic E-state index is -0.225. The second-order valence-electron chi connectivity index (χ2n) is 6.50. The highest BCUT2D eigenvalue weighted by atomic mass is 16.1. The Labute approximate surface area is 160 Å². The van der Waals surface area contributed by atoms with E-state index in [0.29, 0.717) is 36.5 Å². The summed E-state index contributed by atoms with van der Waals surface area (Å²) in [6.45, 7) is 2.59. The van der Waals surface area contributed by atoms with Gasteiger partial charge in [-0.1, -0.05) is 0 Å². The molecule has 3 aromatic heterocycles. The number of nitriles is 1. The molecule has 0 atom stereocenters. The maximum Gasteiger partial charge on any atom is 0.261 e. The van der Waals surface area contributed by atoms with E-state index in [0.717, 1.165) is 22.3 Å². The Bertz CT molecular complexity index is 1210. The number of nitrogens with one attached hydrogen (secondary N) is 3. The maximum atomic E-state index is 12.5. The lowest BCUT2D eigenvalue weighted by Gasteiger charge is -2.08. The highest BCUT2D eigenvalue weighted by molar-refractivity contribution is 5.86. The van der Waals surface area contributed by atoms with Crippen molar-refractivity contribution in [3.8, 4) is 23.1 Å². The molecule has 0 fully saturated rings. The summed E-state index contributed by atoms with van der Waals surface area (Å²) in [7, 11) is 0. The van der Waals surface area contributed by atoms with Gasteiger partial charge in [-0.2, -0.15) is 5.26 Å². The third-order valence-corrected chi connectivity index (χ3v) is 4.54. The van der Waals surface area contributed by atoms with Crippen molar-refractivity contribution in [1.29, 1.82) is 5.26 Å². The van der Waals surface area contributed by atoms with Crippen LogP contribution in [0.25, 0.3) is 28.1 Å². The Morgan fingerprint density at radius 1 is 1.36 bits per heavy atom. The van der Waals surface area contributed by atoms with Crippen LogP contribution < -0.4 is 10.9 Å². The Morgan fingerprint density at radius 2 is 2.25 bits per heavy atom. The first kappa shape index (κ1) is 17.5. The molecule has 0 bridgehead atoms. The average Bonchev–Trinajstić information content (AvgIpc) is 3.35. The van der Waals surface area contributed by atoms with Gasteiger partial charge in [0.2, 0.25) is 0 Å². The zero-order valence-corrected chi connectivity index (χ0v) is 15.4. The first-order valence-electron chi connectivity index (χ1n) is 8.99. The summed E-state index contributed by atoms with van der Waals surface area (Å²) >= 11 is 0. The van der Waals surface area contributed by atoms with Gasteiger partial charge in [0.1, 0.15) is 11.4 Å². The molecule has 0 saturated carbocycles. The van der Waals surface area contributed by atoms with Crippen molar-refractivity contribution in [1.82, 2.24) is 24.5 Å². The van der Waals surface area contributed by atoms with Crippen LogP contribution in [0.2, 0.25) is 0 Å². The van der Waals surface area contributed by atoms with Crippen LogP contribution in [0.15, 0.2) is 47.9 Å². The Morgan fingerprint density at radius 3 is 3.04 bits per heavy atom. The van der Waals surface area contributed by atoms with E-state index in [1.807, 2.05) is 29.8 Å². The van der Waals surface area contributed by atoms with Crippen molar-refractivity contribution in [2.45, 2.75) is 19.8 Å². The molecule has 0 unspecified atom stereocenters. The van der Waals surface area contributed by atoms with Crippen LogP contribution >= 0.6 is 0 Å². The number of imidazole rings is 2. The van der Waals surface area contributed by atoms with Crippen LogP contribution in [-0.4, -0.2) is 31.0 Å². The van der Waals surface area contributed by atoms with Gasteiger partial charge >= 0.3 is 0 Å². The highest BCUT2D eigenvalue weighted by Gasteiger charge is 2.15. The van der Waals surface area contributed by atoms with Gasteiger partial charge in [0, 0.05) is 37.2 Å². The van der Waals surface area contributed by atoms with Crippen molar-refractivity contribution in [3.05, 3.63) is 59.0 Å². The second-order valence-corrected chi connectivity index (χ2v) is 6.50. The molecule has 4 aromatic rings. The molecule has 8 nitrogen and oxygen atoms in total. The van der Waals surface area contributed by atoms with Crippen molar-refractivity contribution in [2.24, 2.45) is 0 Å². The number of aryl methyl sites for hydroxylation is 1. The minimum Gasteiger partial charge on any atom is -0.384 e. The van der Waals surface area contributed by atoms with E-state index in [4.69, 9.17) is 5.26 Å². The van der Waals surface area contributed by atoms with E-state index in [-0.39, 0.29) is 5.56 Å². The van der Waals surface area contributed by atoms with Crippen LogP contribution in [-0.2, 0) is 0 Å². The normalized spacial score (nSPS) is 10.9. The van der Waals surface area contributed by atoms with Crippen molar-refractivity contribution in [2.75, 3.05) is 11.9 Å². The van der Waals surface area contributed by atoms with E-state index in [1.54, 1.807) is 24.8 Å². The lowest BCUT2D eigenvalue weighted by atomic mass is 10.2. The molecule has 4 rings (SSSR count). The molecule has 8 heteroatoms. The molecule has 140 valence electrons. The van der Waals surface area contributed by atoms with Crippen molar-refractivity contribution >= 4 is 16.7 Å². The number of rotatable bonds is 6. The fourth-order valence-electron chi connectivity index (χ4n) is 3.20. The number of aromatic nitrogens is 5. The fourth-order valence-corrected chi connectivity index (χ4v) is 3.20.